The van der Waals surface area contributed by atoms with Crippen LogP contribution in [0.25, 0.3) is 16.9 Å². The Balaban J connectivity index is 1.67. The first-order chi connectivity index (χ1) is 13.7. The molecule has 1 aromatic carbocycles. The van der Waals surface area contributed by atoms with Crippen LogP contribution in [0, 0.1) is 6.92 Å². The molecule has 9 heteroatoms. The van der Waals surface area contributed by atoms with E-state index in [1.165, 1.54) is 0 Å². The van der Waals surface area contributed by atoms with Gasteiger partial charge in [0.2, 0.25) is 5.95 Å². The molecule has 3 heterocycles. The van der Waals surface area contributed by atoms with Gasteiger partial charge in [0.1, 0.15) is 11.4 Å². The third kappa shape index (κ3) is 3.68. The van der Waals surface area contributed by atoms with Crippen molar-refractivity contribution in [1.29, 1.82) is 0 Å². The average molecular weight is 372 g/mol. The van der Waals surface area contributed by atoms with E-state index in [1.54, 1.807) is 30.2 Å². The minimum absolute atomic E-state index is 0.158. The van der Waals surface area contributed by atoms with Crippen LogP contribution in [0.15, 0.2) is 71.0 Å². The smallest absolute Gasteiger partial charge is 0.274 e. The van der Waals surface area contributed by atoms with Crippen molar-refractivity contribution in [2.45, 2.75) is 6.92 Å². The Bertz CT molecular complexity index is 1170. The molecule has 0 aliphatic heterocycles. The average Bonchev–Trinajstić information content (AvgIpc) is 3.16. The van der Waals surface area contributed by atoms with Gasteiger partial charge in [-0.15, -0.1) is 10.2 Å². The molecule has 0 unspecified atom stereocenters. The highest BCUT2D eigenvalue weighted by molar-refractivity contribution is 5.88. The SMILES string of the molecule is Cc1nnc(N/N=C/c2cn(-c3ccccc3)nc2-c2cccnc2)[nH]c1=O. The molecule has 0 amide bonds. The fourth-order valence-electron chi connectivity index (χ4n) is 2.53. The fourth-order valence-corrected chi connectivity index (χ4v) is 2.53. The zero-order valence-electron chi connectivity index (χ0n) is 14.9. The van der Waals surface area contributed by atoms with E-state index in [2.05, 4.69) is 35.8 Å². The third-order valence-electron chi connectivity index (χ3n) is 3.93. The number of H-pyrrole nitrogens is 1. The number of para-hydroxylation sites is 1. The molecule has 3 aromatic heterocycles. The van der Waals surface area contributed by atoms with Crippen LogP contribution in [0.4, 0.5) is 5.95 Å². The molecular formula is C19H16N8O. The van der Waals surface area contributed by atoms with Gasteiger partial charge in [0, 0.05) is 29.7 Å². The van der Waals surface area contributed by atoms with Crippen molar-refractivity contribution in [1.82, 2.24) is 29.9 Å². The van der Waals surface area contributed by atoms with E-state index in [1.807, 2.05) is 48.7 Å². The van der Waals surface area contributed by atoms with E-state index < -0.39 is 0 Å². The lowest BCUT2D eigenvalue weighted by molar-refractivity contribution is 0.884. The summed E-state index contributed by atoms with van der Waals surface area (Å²) in [5, 5.41) is 16.4. The molecular weight excluding hydrogens is 356 g/mol. The summed E-state index contributed by atoms with van der Waals surface area (Å²) in [7, 11) is 0. The highest BCUT2D eigenvalue weighted by atomic mass is 16.1. The van der Waals surface area contributed by atoms with Gasteiger partial charge in [-0.2, -0.15) is 10.2 Å². The number of aromatic nitrogens is 6. The van der Waals surface area contributed by atoms with E-state index in [0.717, 1.165) is 22.5 Å². The van der Waals surface area contributed by atoms with Crippen LogP contribution >= 0.6 is 0 Å². The molecule has 2 N–H and O–H groups in total. The number of pyridine rings is 1. The van der Waals surface area contributed by atoms with Crippen LogP contribution in [0.3, 0.4) is 0 Å². The zero-order valence-corrected chi connectivity index (χ0v) is 14.9. The zero-order chi connectivity index (χ0) is 19.3. The van der Waals surface area contributed by atoms with Gasteiger partial charge in [0.15, 0.2) is 0 Å². The standard InChI is InChI=1S/C19H16N8O/c1-13-18(28)22-19(25-23-13)24-21-11-15-12-27(16-7-3-2-4-8-16)26-17(15)14-6-5-9-20-10-14/h2-12H,1H3,(H2,22,24,25,28)/b21-11+. The Hall–Kier alpha value is -4.14. The lowest BCUT2D eigenvalue weighted by Crippen LogP contribution is -2.15. The summed E-state index contributed by atoms with van der Waals surface area (Å²) in [6.45, 7) is 1.58. The Morgan fingerprint density at radius 1 is 1.14 bits per heavy atom. The molecule has 28 heavy (non-hydrogen) atoms. The number of nitrogens with zero attached hydrogens (tertiary/aromatic N) is 6. The number of aromatic amines is 1. The number of nitrogens with one attached hydrogen (secondary N) is 2. The molecule has 0 aliphatic rings. The predicted molar refractivity (Wildman–Crippen MR) is 105 cm³/mol. The number of aryl methyl sites for hydroxylation is 1. The monoisotopic (exact) mass is 372 g/mol. The van der Waals surface area contributed by atoms with Gasteiger partial charge in [-0.1, -0.05) is 18.2 Å². The quantitative estimate of drug-likeness (QED) is 0.410. The molecule has 0 spiro atoms. The molecule has 4 aromatic rings. The molecule has 0 radical (unpaired) electrons. The van der Waals surface area contributed by atoms with E-state index in [9.17, 15) is 4.79 Å². The molecule has 4 rings (SSSR count). The largest absolute Gasteiger partial charge is 0.288 e. The van der Waals surface area contributed by atoms with Gasteiger partial charge in [-0.3, -0.25) is 14.8 Å². The Morgan fingerprint density at radius 2 is 2.00 bits per heavy atom. The molecule has 0 bridgehead atoms. The summed E-state index contributed by atoms with van der Waals surface area (Å²) in [6.07, 6.45) is 6.92. The summed E-state index contributed by atoms with van der Waals surface area (Å²) in [6, 6.07) is 13.5. The van der Waals surface area contributed by atoms with Crippen molar-refractivity contribution in [2.75, 3.05) is 5.43 Å². The molecule has 9 nitrogen and oxygen atoms in total. The summed E-state index contributed by atoms with van der Waals surface area (Å²) in [5.41, 5.74) is 5.93. The van der Waals surface area contributed by atoms with E-state index >= 15 is 0 Å². The minimum atomic E-state index is -0.319. The summed E-state index contributed by atoms with van der Waals surface area (Å²) < 4.78 is 1.78. The maximum Gasteiger partial charge on any atom is 0.274 e. The van der Waals surface area contributed by atoms with Crippen molar-refractivity contribution in [3.05, 3.63) is 82.7 Å². The maximum atomic E-state index is 11.6. The molecule has 0 aliphatic carbocycles. The molecule has 138 valence electrons. The molecule has 0 fully saturated rings. The second-order valence-corrected chi connectivity index (χ2v) is 5.91. The van der Waals surface area contributed by atoms with E-state index in [-0.39, 0.29) is 17.2 Å². The van der Waals surface area contributed by atoms with Gasteiger partial charge < -0.3 is 0 Å². The second kappa shape index (κ2) is 7.62. The van der Waals surface area contributed by atoms with Gasteiger partial charge in [0.05, 0.1) is 11.9 Å². The third-order valence-corrected chi connectivity index (χ3v) is 3.93. The van der Waals surface area contributed by atoms with Crippen LogP contribution in [0.5, 0.6) is 0 Å². The van der Waals surface area contributed by atoms with E-state index in [4.69, 9.17) is 0 Å². The summed E-state index contributed by atoms with van der Waals surface area (Å²) in [5.74, 6) is 0.158. The summed E-state index contributed by atoms with van der Waals surface area (Å²) in [4.78, 5) is 18.3. The number of hydrogen-bond donors (Lipinski definition) is 2. The van der Waals surface area contributed by atoms with Crippen LogP contribution < -0.4 is 11.0 Å². The first kappa shape index (κ1) is 17.3. The van der Waals surface area contributed by atoms with Gasteiger partial charge in [-0.05, 0) is 31.2 Å². The second-order valence-electron chi connectivity index (χ2n) is 5.91. The first-order valence-electron chi connectivity index (χ1n) is 8.49. The van der Waals surface area contributed by atoms with Gasteiger partial charge in [0.25, 0.3) is 5.56 Å². The molecule has 0 saturated carbocycles. The highest BCUT2D eigenvalue weighted by Crippen LogP contribution is 2.21. The van der Waals surface area contributed by atoms with Crippen LogP contribution in [0.1, 0.15) is 11.3 Å². The van der Waals surface area contributed by atoms with Crippen LogP contribution in [0.2, 0.25) is 0 Å². The number of anilines is 1. The maximum absolute atomic E-state index is 11.6. The number of rotatable bonds is 5. The van der Waals surface area contributed by atoms with Crippen LogP contribution in [-0.2, 0) is 0 Å². The van der Waals surface area contributed by atoms with Crippen molar-refractivity contribution in [3.63, 3.8) is 0 Å². The van der Waals surface area contributed by atoms with Crippen LogP contribution in [-0.4, -0.2) is 36.2 Å². The van der Waals surface area contributed by atoms with E-state index in [0.29, 0.717) is 0 Å². The van der Waals surface area contributed by atoms with Crippen molar-refractivity contribution in [3.8, 4) is 16.9 Å². The summed E-state index contributed by atoms with van der Waals surface area (Å²) >= 11 is 0. The number of hydrogen-bond acceptors (Lipinski definition) is 7. The number of hydrazone groups is 1. The lowest BCUT2D eigenvalue weighted by atomic mass is 10.1. The lowest BCUT2D eigenvalue weighted by Gasteiger charge is -2.00. The highest BCUT2D eigenvalue weighted by Gasteiger charge is 2.11. The number of benzene rings is 1. The fraction of sp³-hybridized carbons (Fsp3) is 0.0526. The first-order valence-corrected chi connectivity index (χ1v) is 8.49. The topological polar surface area (TPSA) is 114 Å². The van der Waals surface area contributed by atoms with Crippen molar-refractivity contribution < 1.29 is 0 Å². The van der Waals surface area contributed by atoms with Crippen molar-refractivity contribution >= 4 is 12.2 Å². The Morgan fingerprint density at radius 3 is 2.75 bits per heavy atom. The molecule has 0 atom stereocenters. The van der Waals surface area contributed by atoms with Gasteiger partial charge >= 0.3 is 0 Å². The van der Waals surface area contributed by atoms with Crippen molar-refractivity contribution in [2.24, 2.45) is 5.10 Å². The Kier molecular flexibility index (Phi) is 4.70. The predicted octanol–water partition coefficient (Wildman–Crippen LogP) is 2.17. The van der Waals surface area contributed by atoms with Gasteiger partial charge in [-0.25, -0.2) is 10.1 Å². The Labute approximate surface area is 159 Å². The molecule has 0 saturated heterocycles. The normalized spacial score (nSPS) is 11.0. The minimum Gasteiger partial charge on any atom is -0.288 e.